The van der Waals surface area contributed by atoms with E-state index in [1.807, 2.05) is 7.05 Å². The smallest absolute Gasteiger partial charge is 0.0443 e. The number of anilines is 2. The molecule has 0 aromatic heterocycles. The van der Waals surface area contributed by atoms with Gasteiger partial charge in [0.05, 0.1) is 0 Å². The normalized spacial score (nSPS) is 13.6. The molecule has 2 heteroatoms. The third-order valence-electron chi connectivity index (χ3n) is 3.81. The Balaban J connectivity index is 2.08. The maximum atomic E-state index is 3.26. The van der Waals surface area contributed by atoms with Crippen LogP contribution >= 0.6 is 0 Å². The van der Waals surface area contributed by atoms with Crippen LogP contribution in [0.5, 0.6) is 0 Å². The lowest BCUT2D eigenvalue weighted by molar-refractivity contribution is 0.783. The van der Waals surface area contributed by atoms with Crippen LogP contribution in [0.25, 0.3) is 0 Å². The highest BCUT2D eigenvalue weighted by molar-refractivity contribution is 5.71. The van der Waals surface area contributed by atoms with Gasteiger partial charge in [0.2, 0.25) is 0 Å². The van der Waals surface area contributed by atoms with Crippen LogP contribution in [0, 0.1) is 0 Å². The Kier molecular flexibility index (Phi) is 3.51. The van der Waals surface area contributed by atoms with Gasteiger partial charge in [-0.05, 0) is 43.1 Å². The summed E-state index contributed by atoms with van der Waals surface area (Å²) in [5.41, 5.74) is 5.63. The van der Waals surface area contributed by atoms with Crippen molar-refractivity contribution < 1.29 is 0 Å². The first-order chi connectivity index (χ1) is 9.40. The standard InChI is InChI=1S/C17H20N2/c1-18-12-13-19-16-8-4-2-6-14(16)10-11-15-7-3-5-9-17(15)19/h2-9,18H,10-13H2,1H3. The fraction of sp³-hybridized carbons (Fsp3) is 0.294. The Hall–Kier alpha value is -1.80. The van der Waals surface area contributed by atoms with Crippen LogP contribution in [0.15, 0.2) is 48.5 Å². The molecule has 0 saturated carbocycles. The van der Waals surface area contributed by atoms with Gasteiger partial charge in [-0.3, -0.25) is 0 Å². The van der Waals surface area contributed by atoms with Crippen molar-refractivity contribution in [1.29, 1.82) is 0 Å². The molecule has 19 heavy (non-hydrogen) atoms. The molecule has 1 aliphatic heterocycles. The lowest BCUT2D eigenvalue weighted by Gasteiger charge is -2.26. The van der Waals surface area contributed by atoms with Crippen LogP contribution < -0.4 is 10.2 Å². The van der Waals surface area contributed by atoms with Gasteiger partial charge in [0, 0.05) is 24.5 Å². The minimum atomic E-state index is 0.989. The molecule has 2 aromatic rings. The second-order valence-electron chi connectivity index (χ2n) is 5.01. The third kappa shape index (κ3) is 2.36. The van der Waals surface area contributed by atoms with E-state index in [4.69, 9.17) is 0 Å². The molecular formula is C17H20N2. The second kappa shape index (κ2) is 5.45. The molecule has 1 heterocycles. The average Bonchev–Trinajstić information content (AvgIpc) is 2.62. The van der Waals surface area contributed by atoms with Gasteiger partial charge in [-0.2, -0.15) is 0 Å². The quantitative estimate of drug-likeness (QED) is 0.902. The molecular weight excluding hydrogens is 232 g/mol. The highest BCUT2D eigenvalue weighted by Crippen LogP contribution is 2.35. The maximum absolute atomic E-state index is 3.26. The monoisotopic (exact) mass is 252 g/mol. The molecule has 3 rings (SSSR count). The summed E-state index contributed by atoms with van der Waals surface area (Å²) in [4.78, 5) is 2.45. The third-order valence-corrected chi connectivity index (χ3v) is 3.81. The summed E-state index contributed by atoms with van der Waals surface area (Å²) < 4.78 is 0. The topological polar surface area (TPSA) is 15.3 Å². The SMILES string of the molecule is CNCCN1c2ccccc2CCc2ccccc21. The molecule has 0 bridgehead atoms. The molecule has 2 aromatic carbocycles. The van der Waals surface area contributed by atoms with Crippen molar-refractivity contribution >= 4 is 11.4 Å². The minimum absolute atomic E-state index is 0.989. The first-order valence-corrected chi connectivity index (χ1v) is 6.98. The highest BCUT2D eigenvalue weighted by Gasteiger charge is 2.19. The maximum Gasteiger partial charge on any atom is 0.0443 e. The summed E-state index contributed by atoms with van der Waals surface area (Å²) in [7, 11) is 2.01. The zero-order chi connectivity index (χ0) is 13.1. The molecule has 0 saturated heterocycles. The van der Waals surface area contributed by atoms with Gasteiger partial charge in [0.15, 0.2) is 0 Å². The number of hydrogen-bond donors (Lipinski definition) is 1. The Morgan fingerprint density at radius 1 is 0.895 bits per heavy atom. The van der Waals surface area contributed by atoms with Crippen molar-refractivity contribution in [3.63, 3.8) is 0 Å². The number of benzene rings is 2. The van der Waals surface area contributed by atoms with Crippen molar-refractivity contribution in [3.05, 3.63) is 59.7 Å². The van der Waals surface area contributed by atoms with E-state index in [0.717, 1.165) is 25.9 Å². The van der Waals surface area contributed by atoms with Gasteiger partial charge in [-0.15, -0.1) is 0 Å². The number of fused-ring (bicyclic) bond motifs is 2. The number of nitrogens with one attached hydrogen (secondary N) is 1. The van der Waals surface area contributed by atoms with Crippen molar-refractivity contribution in [2.45, 2.75) is 12.8 Å². The van der Waals surface area contributed by atoms with Gasteiger partial charge in [0.1, 0.15) is 0 Å². The largest absolute Gasteiger partial charge is 0.340 e. The molecule has 98 valence electrons. The minimum Gasteiger partial charge on any atom is -0.340 e. The van der Waals surface area contributed by atoms with E-state index < -0.39 is 0 Å². The van der Waals surface area contributed by atoms with Crippen LogP contribution in [-0.4, -0.2) is 20.1 Å². The lowest BCUT2D eigenvalue weighted by Crippen LogP contribution is -2.27. The van der Waals surface area contributed by atoms with Crippen molar-refractivity contribution in [1.82, 2.24) is 5.32 Å². The zero-order valence-electron chi connectivity index (χ0n) is 11.4. The summed E-state index contributed by atoms with van der Waals surface area (Å²) in [6.07, 6.45) is 2.26. The van der Waals surface area contributed by atoms with E-state index in [1.54, 1.807) is 0 Å². The summed E-state index contributed by atoms with van der Waals surface area (Å²) in [6, 6.07) is 17.6. The van der Waals surface area contributed by atoms with Crippen molar-refractivity contribution in [2.75, 3.05) is 25.0 Å². The van der Waals surface area contributed by atoms with E-state index in [1.165, 1.54) is 22.5 Å². The zero-order valence-corrected chi connectivity index (χ0v) is 11.4. The predicted octanol–water partition coefficient (Wildman–Crippen LogP) is 3.14. The molecule has 0 atom stereocenters. The Bertz CT molecular complexity index is 515. The van der Waals surface area contributed by atoms with E-state index in [-0.39, 0.29) is 0 Å². The number of rotatable bonds is 3. The van der Waals surface area contributed by atoms with E-state index >= 15 is 0 Å². The van der Waals surface area contributed by atoms with Gasteiger partial charge in [0.25, 0.3) is 0 Å². The summed E-state index contributed by atoms with van der Waals surface area (Å²) >= 11 is 0. The number of hydrogen-bond acceptors (Lipinski definition) is 2. The van der Waals surface area contributed by atoms with E-state index in [0.29, 0.717) is 0 Å². The molecule has 0 aliphatic carbocycles. The van der Waals surface area contributed by atoms with Crippen LogP contribution in [0.1, 0.15) is 11.1 Å². The first kappa shape index (κ1) is 12.2. The molecule has 0 spiro atoms. The Labute approximate surface area is 115 Å². The number of likely N-dealkylation sites (N-methyl/N-ethyl adjacent to an activating group) is 1. The van der Waals surface area contributed by atoms with Gasteiger partial charge < -0.3 is 10.2 Å². The predicted molar refractivity (Wildman–Crippen MR) is 81.2 cm³/mol. The summed E-state index contributed by atoms with van der Waals surface area (Å²) in [5, 5.41) is 3.26. The second-order valence-corrected chi connectivity index (χ2v) is 5.01. The van der Waals surface area contributed by atoms with E-state index in [2.05, 4.69) is 58.7 Å². The Morgan fingerprint density at radius 3 is 1.95 bits per heavy atom. The van der Waals surface area contributed by atoms with E-state index in [9.17, 15) is 0 Å². The molecule has 1 N–H and O–H groups in total. The van der Waals surface area contributed by atoms with Crippen LogP contribution in [0.4, 0.5) is 11.4 Å². The van der Waals surface area contributed by atoms with Crippen LogP contribution in [0.3, 0.4) is 0 Å². The van der Waals surface area contributed by atoms with Gasteiger partial charge in [-0.1, -0.05) is 36.4 Å². The van der Waals surface area contributed by atoms with Gasteiger partial charge >= 0.3 is 0 Å². The highest BCUT2D eigenvalue weighted by atomic mass is 15.2. The fourth-order valence-electron chi connectivity index (χ4n) is 2.83. The molecule has 0 fully saturated rings. The summed E-state index contributed by atoms with van der Waals surface area (Å²) in [6.45, 7) is 1.99. The number of nitrogens with zero attached hydrogens (tertiary/aromatic N) is 1. The number of aryl methyl sites for hydroxylation is 2. The average molecular weight is 252 g/mol. The van der Waals surface area contributed by atoms with Gasteiger partial charge in [-0.25, -0.2) is 0 Å². The lowest BCUT2D eigenvalue weighted by atomic mass is 10.0. The fourth-order valence-corrected chi connectivity index (χ4v) is 2.83. The van der Waals surface area contributed by atoms with Crippen LogP contribution in [-0.2, 0) is 12.8 Å². The number of para-hydroxylation sites is 2. The molecule has 0 amide bonds. The molecule has 0 unspecified atom stereocenters. The van der Waals surface area contributed by atoms with Crippen molar-refractivity contribution in [2.24, 2.45) is 0 Å². The Morgan fingerprint density at radius 2 is 1.42 bits per heavy atom. The first-order valence-electron chi connectivity index (χ1n) is 6.98. The van der Waals surface area contributed by atoms with Crippen LogP contribution in [0.2, 0.25) is 0 Å². The molecule has 2 nitrogen and oxygen atoms in total. The molecule has 0 radical (unpaired) electrons. The van der Waals surface area contributed by atoms with Crippen molar-refractivity contribution in [3.8, 4) is 0 Å². The summed E-state index contributed by atoms with van der Waals surface area (Å²) in [5.74, 6) is 0. The molecule has 1 aliphatic rings.